The van der Waals surface area contributed by atoms with E-state index in [4.69, 9.17) is 21.1 Å². The third-order valence-corrected chi connectivity index (χ3v) is 7.56. The van der Waals surface area contributed by atoms with Gasteiger partial charge in [0.05, 0.1) is 23.3 Å². The molecular formula is C20H29ClN2O5S. The number of rotatable bonds is 5. The highest BCUT2D eigenvalue weighted by atomic mass is 35.5. The molecule has 1 aromatic rings. The molecule has 0 bridgehead atoms. The Balaban J connectivity index is 1.85. The van der Waals surface area contributed by atoms with E-state index >= 15 is 0 Å². The van der Waals surface area contributed by atoms with E-state index < -0.39 is 10.0 Å². The van der Waals surface area contributed by atoms with E-state index in [1.54, 1.807) is 11.0 Å². The first-order chi connectivity index (χ1) is 13.7. The first-order valence-electron chi connectivity index (χ1n) is 10.1. The second-order valence-corrected chi connectivity index (χ2v) is 10.0. The van der Waals surface area contributed by atoms with Crippen LogP contribution in [0.4, 0.5) is 0 Å². The number of benzene rings is 1. The average molecular weight is 445 g/mol. The molecule has 0 spiro atoms. The van der Waals surface area contributed by atoms with E-state index in [9.17, 15) is 13.2 Å². The fraction of sp³-hybridized carbons (Fsp3) is 0.650. The maximum atomic E-state index is 13.2. The normalized spacial score (nSPS) is 26.5. The molecule has 3 unspecified atom stereocenters. The van der Waals surface area contributed by atoms with E-state index in [1.807, 2.05) is 20.8 Å². The minimum Gasteiger partial charge on any atom is -0.377 e. The van der Waals surface area contributed by atoms with Crippen LogP contribution in [-0.4, -0.2) is 74.6 Å². The van der Waals surface area contributed by atoms with Crippen LogP contribution in [0.25, 0.3) is 0 Å². The van der Waals surface area contributed by atoms with Gasteiger partial charge in [-0.25, -0.2) is 8.42 Å². The van der Waals surface area contributed by atoms with Gasteiger partial charge in [0, 0.05) is 38.3 Å². The summed E-state index contributed by atoms with van der Waals surface area (Å²) in [6.45, 7) is 7.86. The SMILES string of the molecule is CCOC1CCCN(C(=O)c2ccc(Cl)c(S(=O)(=O)N3CC(C)OC(C)C3)c2)C1. The summed E-state index contributed by atoms with van der Waals surface area (Å²) >= 11 is 6.25. The number of likely N-dealkylation sites (tertiary alicyclic amines) is 1. The van der Waals surface area contributed by atoms with E-state index in [0.717, 1.165) is 12.8 Å². The van der Waals surface area contributed by atoms with E-state index in [1.165, 1.54) is 16.4 Å². The number of sulfonamides is 1. The summed E-state index contributed by atoms with van der Waals surface area (Å²) in [5, 5.41) is 0.110. The molecule has 1 aromatic carbocycles. The van der Waals surface area contributed by atoms with Crippen molar-refractivity contribution in [3.05, 3.63) is 28.8 Å². The van der Waals surface area contributed by atoms with Gasteiger partial charge in [0.25, 0.3) is 5.91 Å². The van der Waals surface area contributed by atoms with Crippen molar-refractivity contribution in [2.45, 2.75) is 56.8 Å². The topological polar surface area (TPSA) is 76.2 Å². The predicted molar refractivity (Wildman–Crippen MR) is 111 cm³/mol. The molecule has 7 nitrogen and oxygen atoms in total. The van der Waals surface area contributed by atoms with Crippen molar-refractivity contribution >= 4 is 27.5 Å². The van der Waals surface area contributed by atoms with E-state index in [2.05, 4.69) is 0 Å². The number of amides is 1. The Hall–Kier alpha value is -1.19. The van der Waals surface area contributed by atoms with Crippen molar-refractivity contribution in [2.75, 3.05) is 32.8 Å². The maximum absolute atomic E-state index is 13.2. The quantitative estimate of drug-likeness (QED) is 0.698. The average Bonchev–Trinajstić information content (AvgIpc) is 2.67. The molecule has 2 aliphatic rings. The molecule has 0 aromatic heterocycles. The predicted octanol–water partition coefficient (Wildman–Crippen LogP) is 2.78. The van der Waals surface area contributed by atoms with Crippen LogP contribution >= 0.6 is 11.6 Å². The Labute approximate surface area is 178 Å². The number of nitrogens with zero attached hydrogens (tertiary/aromatic N) is 2. The van der Waals surface area contributed by atoms with Gasteiger partial charge in [0.1, 0.15) is 4.90 Å². The molecule has 2 heterocycles. The molecule has 29 heavy (non-hydrogen) atoms. The molecule has 162 valence electrons. The molecular weight excluding hydrogens is 416 g/mol. The highest BCUT2D eigenvalue weighted by molar-refractivity contribution is 7.89. The highest BCUT2D eigenvalue weighted by Crippen LogP contribution is 2.29. The van der Waals surface area contributed by atoms with Crippen molar-refractivity contribution in [3.63, 3.8) is 0 Å². The van der Waals surface area contributed by atoms with Crippen LogP contribution in [0.5, 0.6) is 0 Å². The third kappa shape index (κ3) is 5.11. The number of hydrogen-bond donors (Lipinski definition) is 0. The number of ether oxygens (including phenoxy) is 2. The van der Waals surface area contributed by atoms with E-state index in [-0.39, 0.29) is 47.2 Å². The summed E-state index contributed by atoms with van der Waals surface area (Å²) in [5.41, 5.74) is 0.319. The van der Waals surface area contributed by atoms with Gasteiger partial charge >= 0.3 is 0 Å². The summed E-state index contributed by atoms with van der Waals surface area (Å²) in [4.78, 5) is 14.7. The minimum absolute atomic E-state index is 0.0181. The van der Waals surface area contributed by atoms with Gasteiger partial charge in [0.2, 0.25) is 10.0 Å². The van der Waals surface area contributed by atoms with Crippen molar-refractivity contribution in [1.29, 1.82) is 0 Å². The number of halogens is 1. The third-order valence-electron chi connectivity index (χ3n) is 5.25. The molecule has 2 fully saturated rings. The summed E-state index contributed by atoms with van der Waals surface area (Å²) < 4.78 is 39.1. The van der Waals surface area contributed by atoms with Gasteiger partial charge in [-0.15, -0.1) is 0 Å². The number of carbonyl (C=O) groups excluding carboxylic acids is 1. The van der Waals surface area contributed by atoms with Crippen LogP contribution in [0.15, 0.2) is 23.1 Å². The van der Waals surface area contributed by atoms with Crippen molar-refractivity contribution in [3.8, 4) is 0 Å². The fourth-order valence-corrected chi connectivity index (χ4v) is 6.07. The van der Waals surface area contributed by atoms with Crippen molar-refractivity contribution in [2.24, 2.45) is 0 Å². The number of morpholine rings is 1. The monoisotopic (exact) mass is 444 g/mol. The Bertz CT molecular complexity index is 835. The van der Waals surface area contributed by atoms with Gasteiger partial charge in [-0.05, 0) is 51.8 Å². The Morgan fingerprint density at radius 2 is 1.93 bits per heavy atom. The largest absolute Gasteiger partial charge is 0.377 e. The first-order valence-corrected chi connectivity index (χ1v) is 11.9. The van der Waals surface area contributed by atoms with Crippen molar-refractivity contribution in [1.82, 2.24) is 9.21 Å². The zero-order valence-corrected chi connectivity index (χ0v) is 18.7. The number of hydrogen-bond acceptors (Lipinski definition) is 5. The molecule has 3 rings (SSSR count). The van der Waals surface area contributed by atoms with Gasteiger partial charge in [-0.3, -0.25) is 4.79 Å². The van der Waals surface area contributed by atoms with Gasteiger partial charge in [-0.2, -0.15) is 4.31 Å². The first kappa shape index (κ1) is 22.5. The molecule has 0 aliphatic carbocycles. The van der Waals surface area contributed by atoms with Crippen LogP contribution in [0.3, 0.4) is 0 Å². The Morgan fingerprint density at radius 3 is 2.59 bits per heavy atom. The lowest BCUT2D eigenvalue weighted by Gasteiger charge is -2.35. The Morgan fingerprint density at radius 1 is 1.24 bits per heavy atom. The second kappa shape index (κ2) is 9.31. The standard InChI is InChI=1S/C20H29ClN2O5S/c1-4-27-17-6-5-9-22(13-17)20(24)16-7-8-18(21)19(10-16)29(25,26)23-11-14(2)28-15(3)12-23/h7-8,10,14-15,17H,4-6,9,11-13H2,1-3H3. The Kier molecular flexibility index (Phi) is 7.22. The lowest BCUT2D eigenvalue weighted by Crippen LogP contribution is -2.48. The lowest BCUT2D eigenvalue weighted by atomic mass is 10.1. The van der Waals surface area contributed by atoms with Crippen molar-refractivity contribution < 1.29 is 22.7 Å². The van der Waals surface area contributed by atoms with Gasteiger partial charge in [0.15, 0.2) is 0 Å². The molecule has 9 heteroatoms. The second-order valence-electron chi connectivity index (χ2n) is 7.70. The molecule has 2 aliphatic heterocycles. The summed E-state index contributed by atoms with van der Waals surface area (Å²) in [7, 11) is -3.84. The van der Waals surface area contributed by atoms with Crippen LogP contribution < -0.4 is 0 Å². The number of piperidine rings is 1. The summed E-state index contributed by atoms with van der Waals surface area (Å²) in [6, 6.07) is 4.46. The molecule has 2 saturated heterocycles. The van der Waals surface area contributed by atoms with Crippen LogP contribution in [0.1, 0.15) is 44.0 Å². The summed E-state index contributed by atoms with van der Waals surface area (Å²) in [6.07, 6.45) is 1.38. The fourth-order valence-electron chi connectivity index (χ4n) is 3.98. The molecule has 0 saturated carbocycles. The number of carbonyl (C=O) groups is 1. The maximum Gasteiger partial charge on any atom is 0.253 e. The lowest BCUT2D eigenvalue weighted by molar-refractivity contribution is -0.0440. The van der Waals surface area contributed by atoms with Crippen LogP contribution in [0.2, 0.25) is 5.02 Å². The van der Waals surface area contributed by atoms with Gasteiger partial charge in [-0.1, -0.05) is 11.6 Å². The molecule has 1 amide bonds. The zero-order valence-electron chi connectivity index (χ0n) is 17.1. The molecule has 0 radical (unpaired) electrons. The minimum atomic E-state index is -3.84. The molecule has 3 atom stereocenters. The zero-order chi connectivity index (χ0) is 21.2. The highest BCUT2D eigenvalue weighted by Gasteiger charge is 2.34. The molecule has 0 N–H and O–H groups in total. The van der Waals surface area contributed by atoms with E-state index in [0.29, 0.717) is 25.3 Å². The smallest absolute Gasteiger partial charge is 0.253 e. The van der Waals surface area contributed by atoms with Crippen LogP contribution in [0, 0.1) is 0 Å². The van der Waals surface area contributed by atoms with Gasteiger partial charge < -0.3 is 14.4 Å². The summed E-state index contributed by atoms with van der Waals surface area (Å²) in [5.74, 6) is -0.203. The van der Waals surface area contributed by atoms with Crippen LogP contribution in [-0.2, 0) is 19.5 Å².